The fourth-order valence-corrected chi connectivity index (χ4v) is 4.32. The first-order chi connectivity index (χ1) is 13.9. The molecular weight excluding hydrogens is 374 g/mol. The number of rotatable bonds is 3. The van der Waals surface area contributed by atoms with Crippen molar-refractivity contribution < 1.29 is 13.9 Å². The van der Waals surface area contributed by atoms with E-state index in [1.54, 1.807) is 6.07 Å². The number of nitrogens with two attached hydrogens (primary N) is 1. The lowest BCUT2D eigenvalue weighted by molar-refractivity contribution is 0.111. The van der Waals surface area contributed by atoms with Gasteiger partial charge in [-0.1, -0.05) is 0 Å². The summed E-state index contributed by atoms with van der Waals surface area (Å²) in [7, 11) is 0. The van der Waals surface area contributed by atoms with E-state index >= 15 is 0 Å². The molecule has 1 aliphatic rings. The number of nitrogen functional groups attached to an aromatic ring is 1. The van der Waals surface area contributed by atoms with Crippen molar-refractivity contribution in [2.24, 2.45) is 0 Å². The molecule has 0 atom stereocenters. The molecule has 2 heterocycles. The quantitative estimate of drug-likeness (QED) is 0.660. The van der Waals surface area contributed by atoms with E-state index in [0.717, 1.165) is 29.3 Å². The van der Waals surface area contributed by atoms with Gasteiger partial charge in [0.1, 0.15) is 0 Å². The standard InChI is InChI=1S/C22H22F2N4O/c1-12-6-20-16(7-13(12)8-25)18(11-28(20)14-2-4-15(29)5-3-14)17-9-27-10-19(26)21(17)22(23)24/h6-7,9-11,14-15,22,29H,2-5,26H2,1H3. The van der Waals surface area contributed by atoms with Gasteiger partial charge in [0, 0.05) is 40.5 Å². The number of hydrogen-bond donors (Lipinski definition) is 2. The fraction of sp³-hybridized carbons (Fsp3) is 0.364. The van der Waals surface area contributed by atoms with E-state index in [9.17, 15) is 19.1 Å². The van der Waals surface area contributed by atoms with Crippen LogP contribution in [0.4, 0.5) is 14.5 Å². The van der Waals surface area contributed by atoms with Gasteiger partial charge in [0.2, 0.25) is 0 Å². The van der Waals surface area contributed by atoms with Gasteiger partial charge in [-0.05, 0) is 50.3 Å². The van der Waals surface area contributed by atoms with Gasteiger partial charge < -0.3 is 15.4 Å². The summed E-state index contributed by atoms with van der Waals surface area (Å²) >= 11 is 0. The van der Waals surface area contributed by atoms with Crippen molar-refractivity contribution in [2.45, 2.75) is 51.2 Å². The summed E-state index contributed by atoms with van der Waals surface area (Å²) in [5.74, 6) is 0. The molecule has 29 heavy (non-hydrogen) atoms. The van der Waals surface area contributed by atoms with Gasteiger partial charge >= 0.3 is 0 Å². The maximum Gasteiger partial charge on any atom is 0.266 e. The van der Waals surface area contributed by atoms with E-state index in [-0.39, 0.29) is 29.0 Å². The number of aliphatic hydroxyl groups excluding tert-OH is 1. The number of aliphatic hydroxyl groups is 1. The maximum absolute atomic E-state index is 13.8. The number of fused-ring (bicyclic) bond motifs is 1. The van der Waals surface area contributed by atoms with Crippen molar-refractivity contribution in [3.8, 4) is 17.2 Å². The number of alkyl halides is 2. The van der Waals surface area contributed by atoms with E-state index in [2.05, 4.69) is 15.6 Å². The molecule has 0 bridgehead atoms. The molecule has 1 saturated carbocycles. The number of halogens is 2. The Hall–Kier alpha value is -2.98. The normalized spacial score (nSPS) is 19.6. The predicted octanol–water partition coefficient (Wildman–Crippen LogP) is 4.88. The molecule has 1 aliphatic carbocycles. The van der Waals surface area contributed by atoms with Gasteiger partial charge in [-0.3, -0.25) is 4.98 Å². The van der Waals surface area contributed by atoms with Crippen molar-refractivity contribution >= 4 is 16.6 Å². The van der Waals surface area contributed by atoms with Gasteiger partial charge in [0.25, 0.3) is 6.43 Å². The minimum atomic E-state index is -2.74. The second kappa shape index (κ2) is 7.45. The summed E-state index contributed by atoms with van der Waals surface area (Å²) in [5, 5.41) is 20.1. The lowest BCUT2D eigenvalue weighted by Crippen LogP contribution is -2.20. The number of nitrogens with zero attached hydrogens (tertiary/aromatic N) is 3. The van der Waals surface area contributed by atoms with Crippen LogP contribution < -0.4 is 5.73 Å². The lowest BCUT2D eigenvalue weighted by atomic mass is 9.93. The van der Waals surface area contributed by atoms with Crippen molar-refractivity contribution in [3.63, 3.8) is 0 Å². The predicted molar refractivity (Wildman–Crippen MR) is 108 cm³/mol. The molecule has 0 spiro atoms. The fourth-order valence-electron chi connectivity index (χ4n) is 4.32. The molecule has 1 fully saturated rings. The van der Waals surface area contributed by atoms with Gasteiger partial charge in [-0.15, -0.1) is 0 Å². The SMILES string of the molecule is Cc1cc2c(cc1C#N)c(-c1cncc(N)c1C(F)F)cn2C1CCC(O)CC1. The third-order valence-electron chi connectivity index (χ3n) is 5.89. The van der Waals surface area contributed by atoms with Gasteiger partial charge in [0.05, 0.1) is 35.2 Å². The van der Waals surface area contributed by atoms with Crippen LogP contribution in [0.25, 0.3) is 22.0 Å². The summed E-state index contributed by atoms with van der Waals surface area (Å²) in [5.41, 5.74) is 8.64. The maximum atomic E-state index is 13.8. The van der Waals surface area contributed by atoms with Crippen molar-refractivity contribution in [2.75, 3.05) is 5.73 Å². The molecule has 0 aliphatic heterocycles. The second-order valence-corrected chi connectivity index (χ2v) is 7.70. The highest BCUT2D eigenvalue weighted by Gasteiger charge is 2.26. The minimum absolute atomic E-state index is 0.0493. The van der Waals surface area contributed by atoms with E-state index in [0.29, 0.717) is 24.0 Å². The number of anilines is 1. The summed E-state index contributed by atoms with van der Waals surface area (Å²) in [6.45, 7) is 1.87. The smallest absolute Gasteiger partial charge is 0.266 e. The minimum Gasteiger partial charge on any atom is -0.397 e. The zero-order valence-corrected chi connectivity index (χ0v) is 16.1. The molecule has 5 nitrogen and oxygen atoms in total. The van der Waals surface area contributed by atoms with E-state index in [1.165, 1.54) is 12.4 Å². The highest BCUT2D eigenvalue weighted by molar-refractivity contribution is 5.98. The number of aromatic nitrogens is 2. The number of pyridine rings is 1. The van der Waals surface area contributed by atoms with Gasteiger partial charge in [-0.25, -0.2) is 8.78 Å². The second-order valence-electron chi connectivity index (χ2n) is 7.70. The summed E-state index contributed by atoms with van der Waals surface area (Å²) in [4.78, 5) is 4.04. The molecule has 3 N–H and O–H groups in total. The molecule has 7 heteroatoms. The van der Waals surface area contributed by atoms with Crippen molar-refractivity contribution in [1.82, 2.24) is 9.55 Å². The first-order valence-electron chi connectivity index (χ1n) is 9.66. The third-order valence-corrected chi connectivity index (χ3v) is 5.89. The number of aryl methyl sites for hydroxylation is 1. The summed E-state index contributed by atoms with van der Waals surface area (Å²) in [6.07, 6.45) is 4.51. The van der Waals surface area contributed by atoms with Crippen LogP contribution in [0, 0.1) is 18.3 Å². The molecule has 0 unspecified atom stereocenters. The van der Waals surface area contributed by atoms with Crippen molar-refractivity contribution in [1.29, 1.82) is 5.26 Å². The Kier molecular flexibility index (Phi) is 4.97. The molecule has 0 radical (unpaired) electrons. The Morgan fingerprint density at radius 1 is 1.21 bits per heavy atom. The first-order valence-corrected chi connectivity index (χ1v) is 9.66. The first kappa shape index (κ1) is 19.3. The van der Waals surface area contributed by atoms with Crippen molar-refractivity contribution in [3.05, 3.63) is 47.4 Å². The molecule has 3 aromatic rings. The lowest BCUT2D eigenvalue weighted by Gasteiger charge is -2.27. The van der Waals surface area contributed by atoms with Gasteiger partial charge in [0.15, 0.2) is 0 Å². The Morgan fingerprint density at radius 2 is 1.93 bits per heavy atom. The van der Waals surface area contributed by atoms with Crippen LogP contribution in [0.2, 0.25) is 0 Å². The monoisotopic (exact) mass is 396 g/mol. The van der Waals surface area contributed by atoms with E-state index < -0.39 is 6.43 Å². The highest BCUT2D eigenvalue weighted by Crippen LogP contribution is 2.42. The average molecular weight is 396 g/mol. The zero-order chi connectivity index (χ0) is 20.7. The van der Waals surface area contributed by atoms with E-state index in [1.807, 2.05) is 19.2 Å². The summed E-state index contributed by atoms with van der Waals surface area (Å²) < 4.78 is 29.7. The number of benzene rings is 1. The molecule has 0 amide bonds. The van der Waals surface area contributed by atoms with E-state index in [4.69, 9.17) is 5.73 Å². The Bertz CT molecular complexity index is 1110. The number of hydrogen-bond acceptors (Lipinski definition) is 4. The molecule has 1 aromatic carbocycles. The molecule has 2 aromatic heterocycles. The average Bonchev–Trinajstić information content (AvgIpc) is 3.05. The molecule has 4 rings (SSSR count). The Labute approximate surface area is 167 Å². The molecule has 150 valence electrons. The molecule has 0 saturated heterocycles. The van der Waals surface area contributed by atoms with Crippen LogP contribution in [-0.4, -0.2) is 20.8 Å². The topological polar surface area (TPSA) is 87.9 Å². The van der Waals surface area contributed by atoms with Crippen LogP contribution in [0.3, 0.4) is 0 Å². The van der Waals surface area contributed by atoms with Crippen LogP contribution in [0.1, 0.15) is 54.8 Å². The van der Waals surface area contributed by atoms with Crippen LogP contribution in [-0.2, 0) is 0 Å². The van der Waals surface area contributed by atoms with Crippen LogP contribution in [0.5, 0.6) is 0 Å². The Balaban J connectivity index is 1.98. The number of nitriles is 1. The van der Waals surface area contributed by atoms with Crippen LogP contribution in [0.15, 0.2) is 30.7 Å². The van der Waals surface area contributed by atoms with Gasteiger partial charge in [-0.2, -0.15) is 5.26 Å². The molecular formula is C22H22F2N4O. The Morgan fingerprint density at radius 3 is 2.59 bits per heavy atom. The largest absolute Gasteiger partial charge is 0.397 e. The third kappa shape index (κ3) is 3.34. The highest BCUT2D eigenvalue weighted by atomic mass is 19.3. The summed E-state index contributed by atoms with van der Waals surface area (Å²) in [6, 6.07) is 6.03. The zero-order valence-electron chi connectivity index (χ0n) is 16.1. The van der Waals surface area contributed by atoms with Crippen LogP contribution >= 0.6 is 0 Å².